The monoisotopic (exact) mass is 363 g/mol. The van der Waals surface area contributed by atoms with E-state index in [1.54, 1.807) is 26.0 Å². The molecule has 1 aliphatic heterocycles. The highest BCUT2D eigenvalue weighted by Crippen LogP contribution is 2.28. The number of aryl methyl sites for hydroxylation is 2. The van der Waals surface area contributed by atoms with Crippen LogP contribution in [0, 0.1) is 19.8 Å². The van der Waals surface area contributed by atoms with Gasteiger partial charge in [0.15, 0.2) is 5.76 Å². The second-order valence-corrected chi connectivity index (χ2v) is 8.09. The Labute approximate surface area is 147 Å². The molecule has 3 rings (SSSR count). The Hall–Kier alpha value is -2.19. The summed E-state index contributed by atoms with van der Waals surface area (Å²) in [5.74, 6) is -0.276. The van der Waals surface area contributed by atoms with Gasteiger partial charge in [0, 0.05) is 18.8 Å². The van der Waals surface area contributed by atoms with Gasteiger partial charge in [-0.2, -0.15) is 4.31 Å². The average molecular weight is 363 g/mol. The first-order chi connectivity index (χ1) is 11.9. The van der Waals surface area contributed by atoms with Gasteiger partial charge in [-0.3, -0.25) is 4.79 Å². The molecular formula is C17H21N3O4S. The van der Waals surface area contributed by atoms with Crippen LogP contribution in [0.15, 0.2) is 39.8 Å². The number of carbonyl (C=O) groups excluding carboxylic acids is 1. The second kappa shape index (κ2) is 6.97. The van der Waals surface area contributed by atoms with Crippen molar-refractivity contribution in [3.8, 4) is 0 Å². The van der Waals surface area contributed by atoms with E-state index >= 15 is 0 Å². The van der Waals surface area contributed by atoms with Gasteiger partial charge in [-0.1, -0.05) is 23.4 Å². The molecular weight excluding hydrogens is 342 g/mol. The van der Waals surface area contributed by atoms with Gasteiger partial charge in [-0.25, -0.2) is 8.42 Å². The van der Waals surface area contributed by atoms with Crippen molar-refractivity contribution in [3.05, 3.63) is 41.8 Å². The molecule has 0 unspecified atom stereocenters. The molecule has 1 amide bonds. The van der Waals surface area contributed by atoms with E-state index in [9.17, 15) is 13.2 Å². The third kappa shape index (κ3) is 3.59. The minimum atomic E-state index is -3.72. The van der Waals surface area contributed by atoms with Gasteiger partial charge in [-0.05, 0) is 38.8 Å². The minimum Gasteiger partial charge on any atom is -0.360 e. The number of amides is 1. The van der Waals surface area contributed by atoms with Crippen LogP contribution >= 0.6 is 0 Å². The number of hydrogen-bond acceptors (Lipinski definition) is 5. The Balaban J connectivity index is 1.76. The molecule has 1 atom stereocenters. The Bertz CT molecular complexity index is 842. The quantitative estimate of drug-likeness (QED) is 0.900. The summed E-state index contributed by atoms with van der Waals surface area (Å²) in [6, 6.07) is 9.15. The second-order valence-electron chi connectivity index (χ2n) is 6.21. The largest absolute Gasteiger partial charge is 0.360 e. The lowest BCUT2D eigenvalue weighted by atomic mass is 9.99. The molecule has 1 aromatic heterocycles. The zero-order valence-electron chi connectivity index (χ0n) is 14.2. The van der Waals surface area contributed by atoms with Crippen molar-refractivity contribution >= 4 is 21.6 Å². The molecule has 134 valence electrons. The smallest absolute Gasteiger partial charge is 0.248 e. The average Bonchev–Trinajstić information content (AvgIpc) is 2.95. The number of benzene rings is 1. The van der Waals surface area contributed by atoms with Crippen molar-refractivity contribution in [2.24, 2.45) is 5.92 Å². The fourth-order valence-corrected chi connectivity index (χ4v) is 4.93. The summed E-state index contributed by atoms with van der Waals surface area (Å²) in [5, 5.41) is 6.58. The van der Waals surface area contributed by atoms with Gasteiger partial charge in [-0.15, -0.1) is 0 Å². The standard InChI is InChI=1S/C17H21N3O4S/c1-12-16(13(2)24-19-12)25(22,23)20-10-6-7-14(11-20)17(21)18-15-8-4-3-5-9-15/h3-5,8-9,14H,6-7,10-11H2,1-2H3,(H,18,21)/t14-/m1/s1. The van der Waals surface area contributed by atoms with Gasteiger partial charge in [0.2, 0.25) is 15.9 Å². The summed E-state index contributed by atoms with van der Waals surface area (Å²) in [6.07, 6.45) is 1.29. The third-order valence-electron chi connectivity index (χ3n) is 4.36. The number of nitrogens with one attached hydrogen (secondary N) is 1. The van der Waals surface area contributed by atoms with Crippen molar-refractivity contribution in [3.63, 3.8) is 0 Å². The highest BCUT2D eigenvalue weighted by Gasteiger charge is 2.36. The molecule has 1 aromatic carbocycles. The van der Waals surface area contributed by atoms with E-state index in [1.807, 2.05) is 18.2 Å². The molecule has 25 heavy (non-hydrogen) atoms. The molecule has 1 aliphatic rings. The zero-order chi connectivity index (χ0) is 18.0. The molecule has 0 saturated carbocycles. The lowest BCUT2D eigenvalue weighted by molar-refractivity contribution is -0.120. The zero-order valence-corrected chi connectivity index (χ0v) is 15.0. The van der Waals surface area contributed by atoms with E-state index < -0.39 is 10.0 Å². The number of anilines is 1. The van der Waals surface area contributed by atoms with Crippen molar-refractivity contribution in [1.82, 2.24) is 9.46 Å². The summed E-state index contributed by atoms with van der Waals surface area (Å²) < 4.78 is 32.2. The van der Waals surface area contributed by atoms with E-state index in [2.05, 4.69) is 10.5 Å². The van der Waals surface area contributed by atoms with E-state index in [0.29, 0.717) is 30.8 Å². The van der Waals surface area contributed by atoms with Crippen LogP contribution < -0.4 is 5.32 Å². The summed E-state index contributed by atoms with van der Waals surface area (Å²) in [5.41, 5.74) is 1.05. The van der Waals surface area contributed by atoms with Gasteiger partial charge in [0.05, 0.1) is 5.92 Å². The molecule has 0 bridgehead atoms. The molecule has 8 heteroatoms. The van der Waals surface area contributed by atoms with E-state index in [-0.39, 0.29) is 29.0 Å². The Morgan fingerprint density at radius 2 is 2.00 bits per heavy atom. The van der Waals surface area contributed by atoms with Crippen LogP contribution in [-0.4, -0.2) is 36.9 Å². The number of sulfonamides is 1. The number of piperidine rings is 1. The molecule has 7 nitrogen and oxygen atoms in total. The van der Waals surface area contributed by atoms with E-state index in [4.69, 9.17) is 4.52 Å². The number of hydrogen-bond donors (Lipinski definition) is 1. The van der Waals surface area contributed by atoms with Crippen LogP contribution in [0.5, 0.6) is 0 Å². The molecule has 0 radical (unpaired) electrons. The summed E-state index contributed by atoms with van der Waals surface area (Å²) in [6.45, 7) is 3.73. The minimum absolute atomic E-state index is 0.108. The van der Waals surface area contributed by atoms with Crippen LogP contribution in [0.3, 0.4) is 0 Å². The lowest BCUT2D eigenvalue weighted by Gasteiger charge is -2.31. The van der Waals surface area contributed by atoms with Crippen molar-refractivity contribution < 1.29 is 17.7 Å². The first kappa shape index (κ1) is 17.6. The Morgan fingerprint density at radius 1 is 1.28 bits per heavy atom. The molecule has 0 aliphatic carbocycles. The molecule has 2 aromatic rings. The van der Waals surface area contributed by atoms with Crippen LogP contribution in [0.2, 0.25) is 0 Å². The summed E-state index contributed by atoms with van der Waals surface area (Å²) in [4.78, 5) is 12.6. The summed E-state index contributed by atoms with van der Waals surface area (Å²) in [7, 11) is -3.72. The van der Waals surface area contributed by atoms with Crippen LogP contribution in [0.25, 0.3) is 0 Å². The predicted octanol–water partition coefficient (Wildman–Crippen LogP) is 2.33. The number of para-hydroxylation sites is 1. The first-order valence-corrected chi connectivity index (χ1v) is 9.62. The fraction of sp³-hybridized carbons (Fsp3) is 0.412. The van der Waals surface area contributed by atoms with Crippen LogP contribution in [0.4, 0.5) is 5.69 Å². The first-order valence-electron chi connectivity index (χ1n) is 8.18. The number of rotatable bonds is 4. The van der Waals surface area contributed by atoms with Gasteiger partial charge >= 0.3 is 0 Å². The maximum Gasteiger partial charge on any atom is 0.248 e. The Morgan fingerprint density at radius 3 is 2.64 bits per heavy atom. The van der Waals surface area contributed by atoms with Crippen molar-refractivity contribution in [1.29, 1.82) is 0 Å². The van der Waals surface area contributed by atoms with Gasteiger partial charge in [0.1, 0.15) is 10.6 Å². The fourth-order valence-electron chi connectivity index (χ4n) is 3.11. The normalized spacial score (nSPS) is 18.9. The number of carbonyl (C=O) groups is 1. The van der Waals surface area contributed by atoms with Crippen LogP contribution in [-0.2, 0) is 14.8 Å². The van der Waals surface area contributed by atoms with Crippen molar-refractivity contribution in [2.45, 2.75) is 31.6 Å². The SMILES string of the molecule is Cc1noc(C)c1S(=O)(=O)N1CCC[C@@H](C(=O)Nc2ccccc2)C1. The number of aromatic nitrogens is 1. The highest BCUT2D eigenvalue weighted by atomic mass is 32.2. The maximum atomic E-state index is 12.9. The molecule has 0 spiro atoms. The molecule has 1 fully saturated rings. The molecule has 1 N–H and O–H groups in total. The Kier molecular flexibility index (Phi) is 4.91. The van der Waals surface area contributed by atoms with E-state index in [1.165, 1.54) is 4.31 Å². The van der Waals surface area contributed by atoms with Gasteiger partial charge in [0.25, 0.3) is 0 Å². The topological polar surface area (TPSA) is 92.5 Å². The number of nitrogens with zero attached hydrogens (tertiary/aromatic N) is 2. The molecule has 1 saturated heterocycles. The lowest BCUT2D eigenvalue weighted by Crippen LogP contribution is -2.43. The predicted molar refractivity (Wildman–Crippen MR) is 92.5 cm³/mol. The van der Waals surface area contributed by atoms with Crippen molar-refractivity contribution in [2.75, 3.05) is 18.4 Å². The van der Waals surface area contributed by atoms with Gasteiger partial charge < -0.3 is 9.84 Å². The van der Waals surface area contributed by atoms with E-state index in [0.717, 1.165) is 0 Å². The highest BCUT2D eigenvalue weighted by molar-refractivity contribution is 7.89. The van der Waals surface area contributed by atoms with Crippen LogP contribution in [0.1, 0.15) is 24.3 Å². The third-order valence-corrected chi connectivity index (χ3v) is 6.47. The summed E-state index contributed by atoms with van der Waals surface area (Å²) >= 11 is 0. The maximum absolute atomic E-state index is 12.9. The molecule has 2 heterocycles.